The molecule has 0 aliphatic rings. The van der Waals surface area contributed by atoms with Crippen molar-refractivity contribution in [2.75, 3.05) is 6.61 Å². The fraction of sp³-hybridized carbons (Fsp3) is 0.647. The van der Waals surface area contributed by atoms with Crippen LogP contribution < -0.4 is 10.1 Å². The minimum Gasteiger partial charge on any atom is -0.492 e. The average molecular weight is 342 g/mol. The largest absolute Gasteiger partial charge is 0.492 e. The van der Waals surface area contributed by atoms with E-state index >= 15 is 0 Å². The predicted octanol–water partition coefficient (Wildman–Crippen LogP) is 5.15. The summed E-state index contributed by atoms with van der Waals surface area (Å²) in [5, 5.41) is 3.51. The first-order valence-electron chi connectivity index (χ1n) is 7.24. The second-order valence-electron chi connectivity index (χ2n) is 7.49. The first kappa shape index (κ1) is 17.5. The smallest absolute Gasteiger partial charge is 0.137 e. The molecule has 0 amide bonds. The van der Waals surface area contributed by atoms with E-state index in [9.17, 15) is 0 Å². The summed E-state index contributed by atoms with van der Waals surface area (Å²) < 4.78 is 7.05. The van der Waals surface area contributed by atoms with E-state index in [0.717, 1.165) is 29.8 Å². The van der Waals surface area contributed by atoms with Gasteiger partial charge in [-0.1, -0.05) is 32.9 Å². The van der Waals surface area contributed by atoms with Crippen LogP contribution in [0.15, 0.2) is 22.7 Å². The van der Waals surface area contributed by atoms with Crippen molar-refractivity contribution >= 4 is 15.9 Å². The normalized spacial score (nSPS) is 12.6. The number of ether oxygens (including phenoxy) is 1. The highest BCUT2D eigenvalue weighted by Gasteiger charge is 2.14. The Morgan fingerprint density at radius 1 is 1.10 bits per heavy atom. The fourth-order valence-electron chi connectivity index (χ4n) is 1.67. The fourth-order valence-corrected chi connectivity index (χ4v) is 2.20. The molecular formula is C17H28BrNO. The molecule has 20 heavy (non-hydrogen) atoms. The topological polar surface area (TPSA) is 21.3 Å². The summed E-state index contributed by atoms with van der Waals surface area (Å²) in [6, 6.07) is 6.21. The Morgan fingerprint density at radius 2 is 1.75 bits per heavy atom. The quantitative estimate of drug-likeness (QED) is 0.799. The molecule has 0 aromatic heterocycles. The zero-order valence-corrected chi connectivity index (χ0v) is 15.2. The lowest BCUT2D eigenvalue weighted by Gasteiger charge is -2.23. The molecule has 1 rings (SSSR count). The number of hydrogen-bond donors (Lipinski definition) is 1. The zero-order chi connectivity index (χ0) is 15.4. The van der Waals surface area contributed by atoms with Crippen LogP contribution in [0.4, 0.5) is 0 Å². The minimum atomic E-state index is 0.102. The van der Waals surface area contributed by atoms with Crippen LogP contribution in [-0.4, -0.2) is 12.1 Å². The molecular weight excluding hydrogens is 314 g/mol. The van der Waals surface area contributed by atoms with Crippen LogP contribution in [-0.2, 0) is 6.54 Å². The van der Waals surface area contributed by atoms with E-state index in [0.29, 0.717) is 5.41 Å². The van der Waals surface area contributed by atoms with Gasteiger partial charge in [0.1, 0.15) is 5.75 Å². The van der Waals surface area contributed by atoms with E-state index in [4.69, 9.17) is 4.74 Å². The molecule has 0 aliphatic carbocycles. The first-order chi connectivity index (χ1) is 9.08. The van der Waals surface area contributed by atoms with Crippen molar-refractivity contribution in [3.05, 3.63) is 28.2 Å². The highest BCUT2D eigenvalue weighted by molar-refractivity contribution is 9.10. The van der Waals surface area contributed by atoms with Gasteiger partial charge in [0.25, 0.3) is 0 Å². The molecule has 0 bridgehead atoms. The standard InChI is InChI=1S/C17H28BrNO/c1-16(2,3)10-11-20-15-13(8-7-9-14(15)18)12-19-17(4,5)6/h7-9,19H,10-12H2,1-6H3. The minimum absolute atomic E-state index is 0.102. The maximum atomic E-state index is 6.02. The number of halogens is 1. The molecule has 1 aromatic rings. The van der Waals surface area contributed by atoms with Gasteiger partial charge in [-0.25, -0.2) is 0 Å². The lowest BCUT2D eigenvalue weighted by Crippen LogP contribution is -2.35. The molecule has 114 valence electrons. The van der Waals surface area contributed by atoms with Crippen LogP contribution in [0.1, 0.15) is 53.5 Å². The van der Waals surface area contributed by atoms with E-state index < -0.39 is 0 Å². The van der Waals surface area contributed by atoms with E-state index in [-0.39, 0.29) is 5.54 Å². The SMILES string of the molecule is CC(C)(C)CCOc1c(Br)cccc1CNC(C)(C)C. The Kier molecular flexibility index (Phi) is 6.08. The molecule has 3 heteroatoms. The molecule has 0 heterocycles. The summed E-state index contributed by atoms with van der Waals surface area (Å²) in [5.74, 6) is 0.966. The molecule has 1 N–H and O–H groups in total. The summed E-state index contributed by atoms with van der Waals surface area (Å²) in [7, 11) is 0. The summed E-state index contributed by atoms with van der Waals surface area (Å²) in [6.45, 7) is 14.8. The molecule has 1 aromatic carbocycles. The van der Waals surface area contributed by atoms with Crippen molar-refractivity contribution in [1.82, 2.24) is 5.32 Å². The number of hydrogen-bond acceptors (Lipinski definition) is 2. The van der Waals surface area contributed by atoms with Crippen LogP contribution in [0.25, 0.3) is 0 Å². The van der Waals surface area contributed by atoms with Crippen molar-refractivity contribution in [3.8, 4) is 5.75 Å². The molecule has 0 spiro atoms. The summed E-state index contributed by atoms with van der Waals surface area (Å²) >= 11 is 3.60. The maximum Gasteiger partial charge on any atom is 0.137 e. The van der Waals surface area contributed by atoms with Crippen LogP contribution in [0.3, 0.4) is 0 Å². The second kappa shape index (κ2) is 6.95. The number of nitrogens with one attached hydrogen (secondary N) is 1. The Morgan fingerprint density at radius 3 is 2.30 bits per heavy atom. The van der Waals surface area contributed by atoms with E-state index in [2.05, 4.69) is 74.9 Å². The molecule has 0 radical (unpaired) electrons. The van der Waals surface area contributed by atoms with Gasteiger partial charge in [-0.3, -0.25) is 0 Å². The lowest BCUT2D eigenvalue weighted by atomic mass is 9.93. The summed E-state index contributed by atoms with van der Waals surface area (Å²) in [6.07, 6.45) is 1.04. The van der Waals surface area contributed by atoms with Crippen LogP contribution in [0, 0.1) is 5.41 Å². The van der Waals surface area contributed by atoms with Gasteiger partial charge in [0.05, 0.1) is 11.1 Å². The highest BCUT2D eigenvalue weighted by Crippen LogP contribution is 2.30. The third-order valence-electron chi connectivity index (χ3n) is 2.96. The van der Waals surface area contributed by atoms with Gasteiger partial charge in [-0.05, 0) is 54.6 Å². The molecule has 0 aliphatic heterocycles. The van der Waals surface area contributed by atoms with Crippen molar-refractivity contribution < 1.29 is 4.74 Å². The summed E-state index contributed by atoms with van der Waals surface area (Å²) in [4.78, 5) is 0. The van der Waals surface area contributed by atoms with Crippen molar-refractivity contribution in [2.45, 2.75) is 60.0 Å². The van der Waals surface area contributed by atoms with Crippen molar-refractivity contribution in [2.24, 2.45) is 5.41 Å². The van der Waals surface area contributed by atoms with Crippen LogP contribution in [0.2, 0.25) is 0 Å². The van der Waals surface area contributed by atoms with E-state index in [1.165, 1.54) is 5.56 Å². The van der Waals surface area contributed by atoms with E-state index in [1.54, 1.807) is 0 Å². The molecule has 0 fully saturated rings. The molecule has 0 unspecified atom stereocenters. The van der Waals surface area contributed by atoms with Crippen molar-refractivity contribution in [1.29, 1.82) is 0 Å². The first-order valence-corrected chi connectivity index (χ1v) is 8.03. The van der Waals surface area contributed by atoms with Gasteiger partial charge in [-0.2, -0.15) is 0 Å². The molecule has 0 atom stereocenters. The second-order valence-corrected chi connectivity index (χ2v) is 8.35. The zero-order valence-electron chi connectivity index (χ0n) is 13.6. The van der Waals surface area contributed by atoms with Crippen LogP contribution in [0.5, 0.6) is 5.75 Å². The Hall–Kier alpha value is -0.540. The number of benzene rings is 1. The lowest BCUT2D eigenvalue weighted by molar-refractivity contribution is 0.239. The number of rotatable bonds is 5. The van der Waals surface area contributed by atoms with E-state index in [1.807, 2.05) is 6.07 Å². The van der Waals surface area contributed by atoms with Gasteiger partial charge in [0.15, 0.2) is 0 Å². The monoisotopic (exact) mass is 341 g/mol. The van der Waals surface area contributed by atoms with Gasteiger partial charge in [0, 0.05) is 17.6 Å². The van der Waals surface area contributed by atoms with Gasteiger partial charge >= 0.3 is 0 Å². The van der Waals surface area contributed by atoms with Gasteiger partial charge < -0.3 is 10.1 Å². The molecule has 0 saturated heterocycles. The molecule has 2 nitrogen and oxygen atoms in total. The van der Waals surface area contributed by atoms with Gasteiger partial charge in [-0.15, -0.1) is 0 Å². The Bertz CT molecular complexity index is 430. The third kappa shape index (κ3) is 6.76. The molecule has 0 saturated carbocycles. The van der Waals surface area contributed by atoms with Gasteiger partial charge in [0.2, 0.25) is 0 Å². The third-order valence-corrected chi connectivity index (χ3v) is 3.58. The average Bonchev–Trinajstić information content (AvgIpc) is 2.26. The Balaban J connectivity index is 2.73. The van der Waals surface area contributed by atoms with Crippen molar-refractivity contribution in [3.63, 3.8) is 0 Å². The predicted molar refractivity (Wildman–Crippen MR) is 90.3 cm³/mol. The Labute approximate surface area is 132 Å². The van der Waals surface area contributed by atoms with Crippen LogP contribution >= 0.6 is 15.9 Å². The maximum absolute atomic E-state index is 6.02. The summed E-state index contributed by atoms with van der Waals surface area (Å²) in [5.41, 5.74) is 1.60. The number of para-hydroxylation sites is 1. The highest BCUT2D eigenvalue weighted by atomic mass is 79.9.